The molecule has 1 amide bonds. The Bertz CT molecular complexity index is 1000. The van der Waals surface area contributed by atoms with Gasteiger partial charge >= 0.3 is 0 Å². The maximum Gasteiger partial charge on any atom is 0.234 e. The number of amides is 1. The van der Waals surface area contributed by atoms with Crippen molar-refractivity contribution >= 4 is 52.2 Å². The van der Waals surface area contributed by atoms with Crippen LogP contribution in [-0.4, -0.2) is 40.5 Å². The van der Waals surface area contributed by atoms with Gasteiger partial charge in [-0.2, -0.15) is 0 Å². The Kier molecular flexibility index (Phi) is 7.05. The summed E-state index contributed by atoms with van der Waals surface area (Å²) in [7, 11) is 4.00. The van der Waals surface area contributed by atoms with Crippen molar-refractivity contribution in [3.63, 3.8) is 0 Å². The second kappa shape index (κ2) is 9.52. The van der Waals surface area contributed by atoms with Gasteiger partial charge in [-0.1, -0.05) is 41.0 Å². The van der Waals surface area contributed by atoms with Gasteiger partial charge in [0.15, 0.2) is 11.0 Å². The summed E-state index contributed by atoms with van der Waals surface area (Å²) >= 11 is 13.4. The van der Waals surface area contributed by atoms with Crippen LogP contribution in [-0.2, 0) is 11.3 Å². The zero-order valence-electron chi connectivity index (χ0n) is 16.3. The number of rotatable bonds is 7. The number of carbonyl (C=O) groups is 1. The smallest absolute Gasteiger partial charge is 0.234 e. The maximum atomic E-state index is 12.3. The number of carbonyl (C=O) groups excluding carboxylic acids is 1. The fourth-order valence-corrected chi connectivity index (χ4v) is 3.87. The van der Waals surface area contributed by atoms with Crippen LogP contribution >= 0.6 is 35.0 Å². The Morgan fingerprint density at radius 1 is 1.14 bits per heavy atom. The summed E-state index contributed by atoms with van der Waals surface area (Å²) in [5, 5.41) is 12.8. The van der Waals surface area contributed by atoms with E-state index in [0.29, 0.717) is 27.4 Å². The van der Waals surface area contributed by atoms with Crippen molar-refractivity contribution in [2.24, 2.45) is 0 Å². The predicted molar refractivity (Wildman–Crippen MR) is 121 cm³/mol. The van der Waals surface area contributed by atoms with Crippen LogP contribution in [0.4, 0.5) is 11.4 Å². The van der Waals surface area contributed by atoms with Gasteiger partial charge in [-0.15, -0.1) is 10.2 Å². The third-order valence-corrected chi connectivity index (χ3v) is 6.02. The molecule has 0 saturated heterocycles. The van der Waals surface area contributed by atoms with Crippen LogP contribution in [0.25, 0.3) is 11.4 Å². The third kappa shape index (κ3) is 5.04. The quantitative estimate of drug-likeness (QED) is 0.510. The van der Waals surface area contributed by atoms with E-state index in [1.165, 1.54) is 11.8 Å². The number of aromatic nitrogens is 3. The Hall–Kier alpha value is -2.22. The topological polar surface area (TPSA) is 63.1 Å². The van der Waals surface area contributed by atoms with Gasteiger partial charge in [0, 0.05) is 31.9 Å². The molecule has 0 fully saturated rings. The van der Waals surface area contributed by atoms with Gasteiger partial charge in [-0.25, -0.2) is 0 Å². The molecule has 1 N–H and O–H groups in total. The van der Waals surface area contributed by atoms with Crippen molar-refractivity contribution in [3.8, 4) is 11.4 Å². The average molecular weight is 450 g/mol. The van der Waals surface area contributed by atoms with Crippen molar-refractivity contribution in [1.82, 2.24) is 14.8 Å². The van der Waals surface area contributed by atoms with Gasteiger partial charge < -0.3 is 14.8 Å². The summed E-state index contributed by atoms with van der Waals surface area (Å²) in [6, 6.07) is 13.2. The minimum Gasteiger partial charge on any atom is -0.378 e. The molecule has 0 radical (unpaired) electrons. The average Bonchev–Trinajstić information content (AvgIpc) is 3.13. The largest absolute Gasteiger partial charge is 0.378 e. The number of halogens is 2. The molecule has 6 nitrogen and oxygen atoms in total. The molecule has 0 aliphatic rings. The molecule has 1 aromatic heterocycles. The molecule has 0 aliphatic heterocycles. The number of benzene rings is 2. The monoisotopic (exact) mass is 449 g/mol. The van der Waals surface area contributed by atoms with Crippen molar-refractivity contribution in [2.75, 3.05) is 30.1 Å². The lowest BCUT2D eigenvalue weighted by atomic mass is 10.2. The molecule has 3 aromatic rings. The molecular weight excluding hydrogens is 429 g/mol. The molecule has 152 valence electrons. The number of hydrogen-bond donors (Lipinski definition) is 1. The van der Waals surface area contributed by atoms with Crippen LogP contribution in [0.3, 0.4) is 0 Å². The number of nitrogens with one attached hydrogen (secondary N) is 1. The van der Waals surface area contributed by atoms with Gasteiger partial charge in [0.25, 0.3) is 0 Å². The summed E-state index contributed by atoms with van der Waals surface area (Å²) in [5.41, 5.74) is 2.58. The summed E-state index contributed by atoms with van der Waals surface area (Å²) in [4.78, 5) is 14.4. The number of hydrogen-bond acceptors (Lipinski definition) is 5. The van der Waals surface area contributed by atoms with E-state index >= 15 is 0 Å². The molecule has 1 heterocycles. The van der Waals surface area contributed by atoms with Crippen LogP contribution < -0.4 is 10.2 Å². The van der Waals surface area contributed by atoms with E-state index in [-0.39, 0.29) is 11.7 Å². The van der Waals surface area contributed by atoms with Crippen molar-refractivity contribution in [3.05, 3.63) is 52.5 Å². The molecule has 0 spiro atoms. The molecular formula is C20H21Cl2N5OS. The molecule has 9 heteroatoms. The molecule has 0 bridgehead atoms. The summed E-state index contributed by atoms with van der Waals surface area (Å²) in [6.07, 6.45) is 0. The molecule has 2 aromatic carbocycles. The molecule has 0 unspecified atom stereocenters. The second-order valence-corrected chi connectivity index (χ2v) is 8.16. The fourth-order valence-electron chi connectivity index (χ4n) is 2.72. The first-order chi connectivity index (χ1) is 13.9. The van der Waals surface area contributed by atoms with E-state index in [1.54, 1.807) is 18.2 Å². The Morgan fingerprint density at radius 3 is 2.52 bits per heavy atom. The first kappa shape index (κ1) is 21.5. The van der Waals surface area contributed by atoms with Crippen LogP contribution in [0.5, 0.6) is 0 Å². The van der Waals surface area contributed by atoms with Gasteiger partial charge in [-0.05, 0) is 43.3 Å². The fraction of sp³-hybridized carbons (Fsp3) is 0.250. The van der Waals surface area contributed by atoms with E-state index in [9.17, 15) is 4.79 Å². The Balaban J connectivity index is 1.70. The van der Waals surface area contributed by atoms with E-state index in [4.69, 9.17) is 23.2 Å². The van der Waals surface area contributed by atoms with Crippen LogP contribution in [0.15, 0.2) is 47.6 Å². The number of nitrogens with zero attached hydrogens (tertiary/aromatic N) is 4. The van der Waals surface area contributed by atoms with Gasteiger partial charge in [0.2, 0.25) is 5.91 Å². The highest BCUT2D eigenvalue weighted by molar-refractivity contribution is 7.99. The van der Waals surface area contributed by atoms with Crippen LogP contribution in [0.2, 0.25) is 10.0 Å². The van der Waals surface area contributed by atoms with Gasteiger partial charge in [0.1, 0.15) is 0 Å². The minimum absolute atomic E-state index is 0.181. The zero-order valence-corrected chi connectivity index (χ0v) is 18.6. The first-order valence-corrected chi connectivity index (χ1v) is 10.7. The molecule has 0 aliphatic carbocycles. The number of anilines is 2. The van der Waals surface area contributed by atoms with Crippen LogP contribution in [0.1, 0.15) is 6.92 Å². The third-order valence-electron chi connectivity index (χ3n) is 4.23. The standard InChI is InChI=1S/C20H21Cl2N5OS/c1-4-27-19(13-8-10-14(11-9-13)26(2)3)24-25-20(27)29-12-17(28)23-16-7-5-6-15(21)18(16)22/h5-11H,4,12H2,1-3H3,(H,23,28). The van der Waals surface area contributed by atoms with Gasteiger partial charge in [-0.3, -0.25) is 4.79 Å². The van der Waals surface area contributed by atoms with E-state index < -0.39 is 0 Å². The van der Waals surface area contributed by atoms with Crippen LogP contribution in [0, 0.1) is 0 Å². The van der Waals surface area contributed by atoms with E-state index in [0.717, 1.165) is 17.1 Å². The highest BCUT2D eigenvalue weighted by Gasteiger charge is 2.15. The van der Waals surface area contributed by atoms with E-state index in [1.807, 2.05) is 54.8 Å². The summed E-state index contributed by atoms with van der Waals surface area (Å²) in [6.45, 7) is 2.72. The molecule has 3 rings (SSSR count). The SMILES string of the molecule is CCn1c(SCC(=O)Nc2cccc(Cl)c2Cl)nnc1-c1ccc(N(C)C)cc1. The molecule has 0 saturated carbocycles. The highest BCUT2D eigenvalue weighted by atomic mass is 35.5. The Morgan fingerprint density at radius 2 is 1.86 bits per heavy atom. The van der Waals surface area contributed by atoms with Crippen molar-refractivity contribution in [2.45, 2.75) is 18.6 Å². The predicted octanol–water partition coefficient (Wildman–Crippen LogP) is 5.07. The van der Waals surface area contributed by atoms with E-state index in [2.05, 4.69) is 15.5 Å². The maximum absolute atomic E-state index is 12.3. The highest BCUT2D eigenvalue weighted by Crippen LogP contribution is 2.30. The lowest BCUT2D eigenvalue weighted by Crippen LogP contribution is -2.15. The second-order valence-electron chi connectivity index (χ2n) is 6.43. The molecule has 0 atom stereocenters. The number of thioether (sulfide) groups is 1. The lowest BCUT2D eigenvalue weighted by molar-refractivity contribution is -0.113. The minimum atomic E-state index is -0.193. The zero-order chi connectivity index (χ0) is 21.0. The van der Waals surface area contributed by atoms with Gasteiger partial charge in [0.05, 0.1) is 21.5 Å². The first-order valence-electron chi connectivity index (χ1n) is 8.98. The summed E-state index contributed by atoms with van der Waals surface area (Å²) < 4.78 is 2.00. The van der Waals surface area contributed by atoms with Crippen molar-refractivity contribution in [1.29, 1.82) is 0 Å². The lowest BCUT2D eigenvalue weighted by Gasteiger charge is -2.13. The summed E-state index contributed by atoms with van der Waals surface area (Å²) in [5.74, 6) is 0.765. The Labute approximate surface area is 184 Å². The molecule has 29 heavy (non-hydrogen) atoms. The van der Waals surface area contributed by atoms with Crippen molar-refractivity contribution < 1.29 is 4.79 Å². The normalized spacial score (nSPS) is 10.8.